The maximum absolute atomic E-state index is 13.6. The van der Waals surface area contributed by atoms with Crippen LogP contribution in [-0.4, -0.2) is 39.5 Å². The summed E-state index contributed by atoms with van der Waals surface area (Å²) in [5.41, 5.74) is 2.09. The number of ether oxygens (including phenoxy) is 1. The van der Waals surface area contributed by atoms with E-state index < -0.39 is 17.3 Å². The van der Waals surface area contributed by atoms with E-state index in [0.29, 0.717) is 31.0 Å². The number of halogens is 4. The van der Waals surface area contributed by atoms with Crippen LogP contribution in [0, 0.1) is 0 Å². The van der Waals surface area contributed by atoms with Crippen LogP contribution >= 0.6 is 11.6 Å². The average Bonchev–Trinajstić information content (AvgIpc) is 2.96. The van der Waals surface area contributed by atoms with Crippen LogP contribution in [0.3, 0.4) is 0 Å². The Balaban J connectivity index is 1.72. The van der Waals surface area contributed by atoms with Gasteiger partial charge >= 0.3 is 12.3 Å². The quantitative estimate of drug-likeness (QED) is 0.402. The van der Waals surface area contributed by atoms with E-state index in [9.17, 15) is 18.0 Å². The number of hydrogen-bond acceptors (Lipinski definition) is 3. The molecule has 186 valence electrons. The predicted octanol–water partition coefficient (Wildman–Crippen LogP) is 6.61. The molecule has 2 aromatic carbocycles. The second-order valence-electron chi connectivity index (χ2n) is 9.56. The van der Waals surface area contributed by atoms with Crippen LogP contribution in [0.1, 0.15) is 43.2 Å². The Hall–Kier alpha value is -3.00. The molecule has 2 heterocycles. The molecule has 1 aliphatic heterocycles. The van der Waals surface area contributed by atoms with Crippen molar-refractivity contribution in [2.75, 3.05) is 13.1 Å². The van der Waals surface area contributed by atoms with Gasteiger partial charge in [-0.2, -0.15) is 18.3 Å². The number of carbonyl (C=O) groups is 1. The van der Waals surface area contributed by atoms with Crippen LogP contribution in [0.15, 0.2) is 48.5 Å². The van der Waals surface area contributed by atoms with E-state index in [1.165, 1.54) is 12.1 Å². The monoisotopic (exact) mass is 505 g/mol. The lowest BCUT2D eigenvalue weighted by Gasteiger charge is -2.26. The average molecular weight is 506 g/mol. The molecular formula is C26H27ClF3N3O2. The van der Waals surface area contributed by atoms with Gasteiger partial charge in [0.25, 0.3) is 0 Å². The standard InChI is InChI=1S/C26H27ClF3N3O2/c1-25(2,3)35-24(34)32-14-12-20-22(13-15-32)31-33(23(20)17-8-10-19(27)11-9-17)16-18-6-4-5-7-21(18)26(28,29)30/h4-11H,12-16H2,1-3H3. The van der Waals surface area contributed by atoms with E-state index in [1.54, 1.807) is 27.8 Å². The summed E-state index contributed by atoms with van der Waals surface area (Å²) in [6.45, 7) is 6.26. The normalized spacial score (nSPS) is 14.4. The largest absolute Gasteiger partial charge is 0.444 e. The van der Waals surface area contributed by atoms with Crippen molar-refractivity contribution in [3.8, 4) is 11.3 Å². The summed E-state index contributed by atoms with van der Waals surface area (Å²) in [5.74, 6) is 0. The molecule has 0 atom stereocenters. The summed E-state index contributed by atoms with van der Waals surface area (Å²) in [6, 6.07) is 12.7. The maximum atomic E-state index is 13.6. The molecule has 0 unspecified atom stereocenters. The topological polar surface area (TPSA) is 47.4 Å². The molecule has 0 spiro atoms. The fraction of sp³-hybridized carbons (Fsp3) is 0.385. The van der Waals surface area contributed by atoms with Crippen molar-refractivity contribution in [3.05, 3.63) is 75.9 Å². The van der Waals surface area contributed by atoms with Crippen LogP contribution < -0.4 is 0 Å². The summed E-state index contributed by atoms with van der Waals surface area (Å²) in [4.78, 5) is 14.3. The van der Waals surface area contributed by atoms with E-state index in [-0.39, 0.29) is 18.2 Å². The van der Waals surface area contributed by atoms with Crippen molar-refractivity contribution >= 4 is 17.7 Å². The lowest BCUT2D eigenvalue weighted by molar-refractivity contribution is -0.138. The minimum atomic E-state index is -4.46. The number of hydrogen-bond donors (Lipinski definition) is 0. The number of rotatable bonds is 3. The van der Waals surface area contributed by atoms with Gasteiger partial charge in [-0.3, -0.25) is 4.68 Å². The molecule has 1 amide bonds. The molecule has 0 aliphatic carbocycles. The van der Waals surface area contributed by atoms with E-state index in [4.69, 9.17) is 21.4 Å². The molecule has 4 rings (SSSR count). The van der Waals surface area contributed by atoms with Crippen molar-refractivity contribution in [1.29, 1.82) is 0 Å². The number of alkyl halides is 3. The van der Waals surface area contributed by atoms with Gasteiger partial charge in [0.05, 0.1) is 23.5 Å². The first-order valence-electron chi connectivity index (χ1n) is 11.4. The summed E-state index contributed by atoms with van der Waals surface area (Å²) >= 11 is 6.08. The molecule has 0 radical (unpaired) electrons. The van der Waals surface area contributed by atoms with Gasteiger partial charge in [0.2, 0.25) is 0 Å². The van der Waals surface area contributed by atoms with Crippen molar-refractivity contribution in [2.45, 2.75) is 51.9 Å². The summed E-state index contributed by atoms with van der Waals surface area (Å²) in [5, 5.41) is 5.29. The van der Waals surface area contributed by atoms with Crippen molar-refractivity contribution in [2.24, 2.45) is 0 Å². The fourth-order valence-corrected chi connectivity index (χ4v) is 4.39. The third-order valence-electron chi connectivity index (χ3n) is 5.80. The zero-order valence-electron chi connectivity index (χ0n) is 19.8. The molecule has 3 aromatic rings. The molecule has 0 saturated carbocycles. The highest BCUT2D eigenvalue weighted by Gasteiger charge is 2.34. The van der Waals surface area contributed by atoms with Gasteiger partial charge in [-0.15, -0.1) is 0 Å². The zero-order valence-corrected chi connectivity index (χ0v) is 20.6. The predicted molar refractivity (Wildman–Crippen MR) is 128 cm³/mol. The van der Waals surface area contributed by atoms with E-state index in [1.807, 2.05) is 32.9 Å². The van der Waals surface area contributed by atoms with Crippen molar-refractivity contribution < 1.29 is 22.7 Å². The maximum Gasteiger partial charge on any atom is 0.416 e. The number of nitrogens with zero attached hydrogens (tertiary/aromatic N) is 3. The molecule has 1 aliphatic rings. The highest BCUT2D eigenvalue weighted by molar-refractivity contribution is 6.30. The van der Waals surface area contributed by atoms with Gasteiger partial charge in [0.1, 0.15) is 5.60 Å². The minimum Gasteiger partial charge on any atom is -0.444 e. The Kier molecular flexibility index (Phi) is 6.86. The van der Waals surface area contributed by atoms with Crippen LogP contribution in [0.25, 0.3) is 11.3 Å². The van der Waals surface area contributed by atoms with Gasteiger partial charge in [-0.1, -0.05) is 41.9 Å². The van der Waals surface area contributed by atoms with Crippen LogP contribution in [0.2, 0.25) is 5.02 Å². The second kappa shape index (κ2) is 9.57. The Morgan fingerprint density at radius 2 is 1.69 bits per heavy atom. The van der Waals surface area contributed by atoms with Gasteiger partial charge in [0, 0.05) is 35.7 Å². The van der Waals surface area contributed by atoms with Crippen molar-refractivity contribution in [1.82, 2.24) is 14.7 Å². The van der Waals surface area contributed by atoms with E-state index in [0.717, 1.165) is 28.6 Å². The number of carbonyl (C=O) groups excluding carboxylic acids is 1. The van der Waals surface area contributed by atoms with Crippen LogP contribution in [-0.2, 0) is 30.3 Å². The minimum absolute atomic E-state index is 0.0313. The molecule has 1 aromatic heterocycles. The lowest BCUT2D eigenvalue weighted by atomic mass is 10.0. The molecule has 0 fully saturated rings. The third-order valence-corrected chi connectivity index (χ3v) is 6.05. The summed E-state index contributed by atoms with van der Waals surface area (Å²) in [7, 11) is 0. The van der Waals surface area contributed by atoms with Crippen LogP contribution in [0.4, 0.5) is 18.0 Å². The number of fused-ring (bicyclic) bond motifs is 1. The van der Waals surface area contributed by atoms with Gasteiger partial charge in [-0.05, 0) is 51.0 Å². The molecule has 5 nitrogen and oxygen atoms in total. The van der Waals surface area contributed by atoms with Gasteiger partial charge in [-0.25, -0.2) is 4.79 Å². The Labute approximate surface area is 207 Å². The first kappa shape index (κ1) is 25.1. The molecular weight excluding hydrogens is 479 g/mol. The first-order chi connectivity index (χ1) is 16.4. The number of benzene rings is 2. The highest BCUT2D eigenvalue weighted by atomic mass is 35.5. The Morgan fingerprint density at radius 3 is 2.34 bits per heavy atom. The molecule has 35 heavy (non-hydrogen) atoms. The van der Waals surface area contributed by atoms with Gasteiger partial charge in [0.15, 0.2) is 0 Å². The highest BCUT2D eigenvalue weighted by Crippen LogP contribution is 2.35. The molecule has 0 N–H and O–H groups in total. The SMILES string of the molecule is CC(C)(C)OC(=O)N1CCc2nn(Cc3ccccc3C(F)(F)F)c(-c3ccc(Cl)cc3)c2CC1. The Bertz CT molecular complexity index is 1210. The summed E-state index contributed by atoms with van der Waals surface area (Å²) in [6.07, 6.45) is -3.87. The molecule has 9 heteroatoms. The summed E-state index contributed by atoms with van der Waals surface area (Å²) < 4.78 is 48.1. The third kappa shape index (κ3) is 5.81. The lowest BCUT2D eigenvalue weighted by Crippen LogP contribution is -2.38. The molecule has 0 bridgehead atoms. The van der Waals surface area contributed by atoms with Crippen molar-refractivity contribution in [3.63, 3.8) is 0 Å². The molecule has 0 saturated heterocycles. The zero-order chi connectivity index (χ0) is 25.4. The second-order valence-corrected chi connectivity index (χ2v) is 10.00. The smallest absolute Gasteiger partial charge is 0.416 e. The first-order valence-corrected chi connectivity index (χ1v) is 11.8. The number of aromatic nitrogens is 2. The Morgan fingerprint density at radius 1 is 1.03 bits per heavy atom. The van der Waals surface area contributed by atoms with E-state index >= 15 is 0 Å². The fourth-order valence-electron chi connectivity index (χ4n) is 4.26. The van der Waals surface area contributed by atoms with E-state index in [2.05, 4.69) is 0 Å². The van der Waals surface area contributed by atoms with Gasteiger partial charge < -0.3 is 9.64 Å². The van der Waals surface area contributed by atoms with Crippen LogP contribution in [0.5, 0.6) is 0 Å². The number of amides is 1.